The number of hydrogen-bond acceptors (Lipinski definition) is 8. The second-order valence-corrected chi connectivity index (χ2v) is 12.1. The Hall–Kier alpha value is -4.56. The van der Waals surface area contributed by atoms with Crippen molar-refractivity contribution in [2.45, 2.75) is 64.0 Å². The van der Waals surface area contributed by atoms with Crippen molar-refractivity contribution >= 4 is 40.6 Å². The molecule has 15 heteroatoms. The van der Waals surface area contributed by atoms with Crippen molar-refractivity contribution in [2.75, 3.05) is 52.5 Å². The molecule has 2 aromatic rings. The Morgan fingerprint density at radius 3 is 2.45 bits per heavy atom. The Balaban J connectivity index is 1.18. The zero-order valence-corrected chi connectivity index (χ0v) is 26.6. The summed E-state index contributed by atoms with van der Waals surface area (Å²) >= 11 is 0. The summed E-state index contributed by atoms with van der Waals surface area (Å²) in [5.41, 5.74) is 1.29. The van der Waals surface area contributed by atoms with Gasteiger partial charge in [0.1, 0.15) is 17.5 Å². The predicted octanol–water partition coefficient (Wildman–Crippen LogP) is 2.25. The number of pyridine rings is 1. The van der Waals surface area contributed by atoms with E-state index in [1.807, 2.05) is 19.9 Å². The maximum atomic E-state index is 13.3. The number of alkyl halides is 2. The summed E-state index contributed by atoms with van der Waals surface area (Å²) in [6, 6.07) is 4.66. The lowest BCUT2D eigenvalue weighted by Gasteiger charge is -2.34. The summed E-state index contributed by atoms with van der Waals surface area (Å²) < 4.78 is 37.7. The van der Waals surface area contributed by atoms with E-state index in [1.54, 1.807) is 21.9 Å². The Morgan fingerprint density at radius 1 is 1.02 bits per heavy atom. The highest BCUT2D eigenvalue weighted by molar-refractivity contribution is 5.99. The second-order valence-electron chi connectivity index (χ2n) is 12.1. The monoisotopic (exact) mass is 658 g/mol. The predicted molar refractivity (Wildman–Crippen MR) is 165 cm³/mol. The molecule has 1 saturated carbocycles. The van der Waals surface area contributed by atoms with Crippen LogP contribution in [0.4, 0.5) is 13.6 Å². The zero-order valence-electron chi connectivity index (χ0n) is 26.6. The summed E-state index contributed by atoms with van der Waals surface area (Å²) in [5.74, 6) is -4.74. The number of piperazine rings is 1. The number of halogens is 2. The van der Waals surface area contributed by atoms with Gasteiger partial charge >= 0.3 is 6.09 Å². The fourth-order valence-electron chi connectivity index (χ4n) is 5.63. The summed E-state index contributed by atoms with van der Waals surface area (Å²) in [4.78, 5) is 72.8. The van der Waals surface area contributed by atoms with Gasteiger partial charge < -0.3 is 34.8 Å². The molecule has 2 saturated heterocycles. The van der Waals surface area contributed by atoms with Crippen LogP contribution in [-0.2, 0) is 19.1 Å². The fourth-order valence-corrected chi connectivity index (χ4v) is 5.63. The number of likely N-dealkylation sites (tertiary alicyclic amines) is 1. The molecule has 3 aliphatic rings. The molecular weight excluding hydrogens is 618 g/mol. The first kappa shape index (κ1) is 33.8. The van der Waals surface area contributed by atoms with Gasteiger partial charge in [-0.15, -0.1) is 0 Å². The van der Waals surface area contributed by atoms with E-state index in [2.05, 4.69) is 15.6 Å². The number of amides is 5. The first-order valence-corrected chi connectivity index (χ1v) is 16.0. The van der Waals surface area contributed by atoms with Gasteiger partial charge in [0.05, 0.1) is 24.7 Å². The minimum atomic E-state index is -2.91. The Kier molecular flexibility index (Phi) is 10.4. The Morgan fingerprint density at radius 2 is 1.74 bits per heavy atom. The topological polar surface area (TPSA) is 150 Å². The van der Waals surface area contributed by atoms with Gasteiger partial charge in [0.2, 0.25) is 11.8 Å². The number of aryl methyl sites for hydroxylation is 1. The van der Waals surface area contributed by atoms with E-state index in [-0.39, 0.29) is 30.4 Å². The molecule has 3 heterocycles. The number of ether oxygens (including phenoxy) is 2. The number of unbranched alkanes of at least 4 members (excludes halogenated alkanes) is 1. The van der Waals surface area contributed by atoms with Crippen molar-refractivity contribution < 1.29 is 42.2 Å². The van der Waals surface area contributed by atoms with Crippen LogP contribution in [0.3, 0.4) is 0 Å². The molecule has 254 valence electrons. The summed E-state index contributed by atoms with van der Waals surface area (Å²) in [7, 11) is 0. The van der Waals surface area contributed by atoms with Gasteiger partial charge in [-0.2, -0.15) is 0 Å². The third-order valence-electron chi connectivity index (χ3n) is 8.54. The maximum absolute atomic E-state index is 13.3. The highest BCUT2D eigenvalue weighted by Crippen LogP contribution is 2.41. The zero-order chi connectivity index (χ0) is 33.7. The number of fused-ring (bicyclic) bond motifs is 1. The van der Waals surface area contributed by atoms with Crippen LogP contribution < -0.4 is 15.4 Å². The van der Waals surface area contributed by atoms with Crippen LogP contribution in [0.5, 0.6) is 5.75 Å². The molecule has 2 N–H and O–H groups in total. The van der Waals surface area contributed by atoms with E-state index in [9.17, 15) is 32.8 Å². The first-order valence-electron chi connectivity index (χ1n) is 16.0. The number of nitrogens with one attached hydrogen (secondary N) is 2. The van der Waals surface area contributed by atoms with Crippen LogP contribution in [0, 0.1) is 6.92 Å². The van der Waals surface area contributed by atoms with Crippen molar-refractivity contribution in [3.8, 4) is 5.75 Å². The normalized spacial score (nSPS) is 20.1. The van der Waals surface area contributed by atoms with Crippen LogP contribution in [0.2, 0.25) is 0 Å². The van der Waals surface area contributed by atoms with Gasteiger partial charge in [0, 0.05) is 50.6 Å². The minimum Gasteiger partial charge on any atom is -0.483 e. The van der Waals surface area contributed by atoms with E-state index >= 15 is 0 Å². The average Bonchev–Trinajstić information content (AvgIpc) is 3.40. The molecule has 5 rings (SSSR count). The van der Waals surface area contributed by atoms with Crippen molar-refractivity contribution in [1.82, 2.24) is 30.3 Å². The van der Waals surface area contributed by atoms with Crippen LogP contribution >= 0.6 is 0 Å². The molecule has 2 aliphatic heterocycles. The van der Waals surface area contributed by atoms with Crippen molar-refractivity contribution in [3.63, 3.8) is 0 Å². The highest BCUT2D eigenvalue weighted by atomic mass is 19.3. The lowest BCUT2D eigenvalue weighted by atomic mass is 10.1. The average molecular weight is 659 g/mol. The van der Waals surface area contributed by atoms with Crippen LogP contribution in [0.15, 0.2) is 24.3 Å². The lowest BCUT2D eigenvalue weighted by Crippen LogP contribution is -2.52. The van der Waals surface area contributed by atoms with E-state index in [1.165, 1.54) is 11.0 Å². The molecule has 1 unspecified atom stereocenters. The van der Waals surface area contributed by atoms with E-state index in [4.69, 9.17) is 9.47 Å². The van der Waals surface area contributed by atoms with Gasteiger partial charge in [-0.1, -0.05) is 19.4 Å². The van der Waals surface area contributed by atoms with Gasteiger partial charge in [-0.25, -0.2) is 18.6 Å². The van der Waals surface area contributed by atoms with Gasteiger partial charge in [0.15, 0.2) is 6.61 Å². The molecule has 5 amide bonds. The van der Waals surface area contributed by atoms with Crippen LogP contribution in [0.25, 0.3) is 10.9 Å². The number of nitrogens with zero attached hydrogens (tertiary/aromatic N) is 4. The van der Waals surface area contributed by atoms with Crippen molar-refractivity contribution in [1.29, 1.82) is 0 Å². The summed E-state index contributed by atoms with van der Waals surface area (Å²) in [5, 5.41) is 5.47. The third-order valence-corrected chi connectivity index (χ3v) is 8.54. The first-order chi connectivity index (χ1) is 22.5. The summed E-state index contributed by atoms with van der Waals surface area (Å²) in [6.07, 6.45) is 1.80. The Labute approximate surface area is 270 Å². The number of rotatable bonds is 11. The molecule has 0 spiro atoms. The molecule has 1 aromatic carbocycles. The van der Waals surface area contributed by atoms with Crippen molar-refractivity contribution in [2.24, 2.45) is 0 Å². The largest absolute Gasteiger partial charge is 0.483 e. The molecule has 47 heavy (non-hydrogen) atoms. The van der Waals surface area contributed by atoms with Gasteiger partial charge in [0.25, 0.3) is 17.7 Å². The van der Waals surface area contributed by atoms with Crippen molar-refractivity contribution in [3.05, 3.63) is 35.5 Å². The molecule has 1 aliphatic carbocycles. The summed E-state index contributed by atoms with van der Waals surface area (Å²) in [6.45, 7) is 5.05. The second kappa shape index (κ2) is 14.5. The SMILES string of the molecule is CCCCOC(=O)N1CCN(C(=O)CNC(=O)c2cc(OCC(=O)N3CCC[C@H]3C(=O)NC3CC3(F)F)c3ccc(C)cc3n2)CC1. The van der Waals surface area contributed by atoms with Gasteiger partial charge in [-0.3, -0.25) is 19.2 Å². The van der Waals surface area contributed by atoms with Crippen LogP contribution in [-0.4, -0.2) is 120 Å². The molecule has 0 radical (unpaired) electrons. The van der Waals surface area contributed by atoms with Crippen LogP contribution in [0.1, 0.15) is 55.1 Å². The Bertz CT molecular complexity index is 1530. The standard InChI is InChI=1S/C32H40F2N6O7/c1-3-4-14-46-31(45)39-12-10-38(11-13-39)27(41)18-35-29(43)23-16-25(21-8-7-20(2)15-22(21)36-23)47-19-28(42)40-9-5-6-24(40)30(44)37-26-17-32(26,33)34/h7-8,15-16,24,26H,3-6,9-14,17-19H2,1-2H3,(H,35,43)(H,37,44)/t24-,26?/m0/s1. The smallest absolute Gasteiger partial charge is 0.409 e. The lowest BCUT2D eigenvalue weighted by molar-refractivity contribution is -0.140. The minimum absolute atomic E-state index is 0.0261. The molecule has 13 nitrogen and oxygen atoms in total. The third kappa shape index (κ3) is 8.24. The highest BCUT2D eigenvalue weighted by Gasteiger charge is 2.58. The molecule has 0 bridgehead atoms. The van der Waals surface area contributed by atoms with E-state index in [0.717, 1.165) is 18.4 Å². The number of benzene rings is 1. The fraction of sp³-hybridized carbons (Fsp3) is 0.562. The van der Waals surface area contributed by atoms with E-state index < -0.39 is 54.8 Å². The molecule has 3 fully saturated rings. The molecule has 1 aromatic heterocycles. The number of carbonyl (C=O) groups is 5. The number of aromatic nitrogens is 1. The number of hydrogen-bond donors (Lipinski definition) is 2. The van der Waals surface area contributed by atoms with Gasteiger partial charge in [-0.05, 0) is 43.9 Å². The van der Waals surface area contributed by atoms with E-state index in [0.29, 0.717) is 56.5 Å². The quantitative estimate of drug-likeness (QED) is 0.349. The molecule has 2 atom stereocenters. The molecular formula is C32H40F2N6O7. The number of carbonyl (C=O) groups excluding carboxylic acids is 5. The maximum Gasteiger partial charge on any atom is 0.409 e.